The van der Waals surface area contributed by atoms with Crippen molar-refractivity contribution in [3.8, 4) is 11.1 Å². The van der Waals surface area contributed by atoms with Crippen LogP contribution in [-0.2, 0) is 11.2 Å². The third kappa shape index (κ3) is 4.21. The van der Waals surface area contributed by atoms with Crippen molar-refractivity contribution >= 4 is 33.8 Å². The third-order valence-corrected chi connectivity index (χ3v) is 5.56. The van der Waals surface area contributed by atoms with E-state index in [0.717, 1.165) is 0 Å². The van der Waals surface area contributed by atoms with Crippen molar-refractivity contribution in [2.45, 2.75) is 13.3 Å². The van der Waals surface area contributed by atoms with Crippen molar-refractivity contribution < 1.29 is 18.3 Å². The van der Waals surface area contributed by atoms with Crippen molar-refractivity contribution in [3.05, 3.63) is 87.8 Å². The summed E-state index contributed by atoms with van der Waals surface area (Å²) in [4.78, 5) is 30.6. The smallest absolute Gasteiger partial charge is 0.413 e. The molecule has 0 saturated heterocycles. The molecule has 35 heavy (non-hydrogen) atoms. The first-order chi connectivity index (χ1) is 16.9. The number of nitrogens with one attached hydrogen (secondary N) is 3. The first-order valence-corrected chi connectivity index (χ1v) is 10.8. The van der Waals surface area contributed by atoms with Gasteiger partial charge in [-0.2, -0.15) is 5.10 Å². The summed E-state index contributed by atoms with van der Waals surface area (Å²) in [5.41, 5.74) is 1.35. The van der Waals surface area contributed by atoms with Gasteiger partial charge >= 0.3 is 6.09 Å². The Morgan fingerprint density at radius 2 is 1.86 bits per heavy atom. The maximum Gasteiger partial charge on any atom is 0.413 e. The van der Waals surface area contributed by atoms with Crippen molar-refractivity contribution in [1.82, 2.24) is 20.2 Å². The Balaban J connectivity index is 1.52. The molecule has 1 amide bonds. The summed E-state index contributed by atoms with van der Waals surface area (Å²) < 4.78 is 35.0. The van der Waals surface area contributed by atoms with Gasteiger partial charge in [-0.3, -0.25) is 10.1 Å². The Morgan fingerprint density at radius 3 is 2.66 bits per heavy atom. The fraction of sp³-hybridized carbons (Fsp3) is 0.120. The number of carbonyl (C=O) groups is 1. The van der Waals surface area contributed by atoms with Crippen molar-refractivity contribution in [1.29, 1.82) is 0 Å². The Morgan fingerprint density at radius 1 is 1.06 bits per heavy atom. The molecule has 0 saturated carbocycles. The Bertz CT molecular complexity index is 1640. The number of nitrogens with zero attached hydrogens (tertiary/aromatic N) is 2. The van der Waals surface area contributed by atoms with Gasteiger partial charge in [-0.15, -0.1) is 0 Å². The van der Waals surface area contributed by atoms with E-state index in [1.165, 1.54) is 12.1 Å². The van der Waals surface area contributed by atoms with E-state index in [0.29, 0.717) is 34.0 Å². The monoisotopic (exact) mass is 475 g/mol. The number of carbonyl (C=O) groups excluding carboxylic acids is 1. The van der Waals surface area contributed by atoms with E-state index >= 15 is 4.39 Å². The standard InChI is InChI=1S/C25H19F2N5O3/c1-2-35-25(34)30-24-28-19-10-8-15(21(27)22(19)29-24)17-11-13(7-9-18(17)26)12-20-14-5-3-4-6-16(14)23(33)32-31-20/h3-11H,2,12H2,1H3,(H,32,33)(H2,28,29,30,34). The molecule has 0 spiro atoms. The van der Waals surface area contributed by atoms with Crippen LogP contribution in [0.5, 0.6) is 0 Å². The van der Waals surface area contributed by atoms with Crippen LogP contribution in [0.15, 0.2) is 59.4 Å². The molecular weight excluding hydrogens is 456 g/mol. The minimum absolute atomic E-state index is 0.0137. The zero-order valence-corrected chi connectivity index (χ0v) is 18.5. The van der Waals surface area contributed by atoms with Gasteiger partial charge in [0.05, 0.1) is 23.2 Å². The number of aromatic nitrogens is 4. The van der Waals surface area contributed by atoms with Crippen LogP contribution >= 0.6 is 0 Å². The largest absolute Gasteiger partial charge is 0.450 e. The fourth-order valence-corrected chi connectivity index (χ4v) is 3.96. The summed E-state index contributed by atoms with van der Waals surface area (Å²) in [5, 5.41) is 10.2. The summed E-state index contributed by atoms with van der Waals surface area (Å²) >= 11 is 0. The van der Waals surface area contributed by atoms with Crippen LogP contribution in [0.2, 0.25) is 0 Å². The molecule has 8 nitrogen and oxygen atoms in total. The highest BCUT2D eigenvalue weighted by Gasteiger charge is 2.18. The van der Waals surface area contributed by atoms with Gasteiger partial charge in [-0.05, 0) is 42.8 Å². The van der Waals surface area contributed by atoms with Gasteiger partial charge in [0.25, 0.3) is 5.56 Å². The molecule has 0 aliphatic rings. The van der Waals surface area contributed by atoms with Gasteiger partial charge in [0, 0.05) is 22.9 Å². The number of rotatable bonds is 5. The van der Waals surface area contributed by atoms with E-state index < -0.39 is 17.7 Å². The molecule has 0 atom stereocenters. The number of ether oxygens (including phenoxy) is 1. The van der Waals surface area contributed by atoms with Crippen molar-refractivity contribution in [3.63, 3.8) is 0 Å². The molecule has 3 N–H and O–H groups in total. The lowest BCUT2D eigenvalue weighted by atomic mass is 9.98. The van der Waals surface area contributed by atoms with Gasteiger partial charge in [0.2, 0.25) is 5.95 Å². The average Bonchev–Trinajstić information content (AvgIpc) is 3.26. The number of fused-ring (bicyclic) bond motifs is 2. The van der Waals surface area contributed by atoms with Crippen LogP contribution in [0.25, 0.3) is 32.9 Å². The van der Waals surface area contributed by atoms with E-state index in [1.807, 2.05) is 6.07 Å². The van der Waals surface area contributed by atoms with E-state index in [2.05, 4.69) is 25.5 Å². The highest BCUT2D eigenvalue weighted by molar-refractivity contribution is 5.89. The van der Waals surface area contributed by atoms with Crippen LogP contribution in [0.3, 0.4) is 0 Å². The molecule has 0 aliphatic carbocycles. The summed E-state index contributed by atoms with van der Waals surface area (Å²) in [7, 11) is 0. The number of imidazole rings is 1. The summed E-state index contributed by atoms with van der Waals surface area (Å²) in [6, 6.07) is 14.5. The van der Waals surface area contributed by atoms with Crippen LogP contribution in [0.1, 0.15) is 18.2 Å². The van der Waals surface area contributed by atoms with Crippen LogP contribution in [-0.4, -0.2) is 32.9 Å². The van der Waals surface area contributed by atoms with Crippen LogP contribution in [0, 0.1) is 11.6 Å². The zero-order chi connectivity index (χ0) is 24.5. The molecule has 10 heteroatoms. The van der Waals surface area contributed by atoms with Gasteiger partial charge in [0.1, 0.15) is 11.3 Å². The summed E-state index contributed by atoms with van der Waals surface area (Å²) in [6.45, 7) is 1.83. The second-order valence-corrected chi connectivity index (χ2v) is 7.79. The van der Waals surface area contributed by atoms with E-state index in [1.54, 1.807) is 43.3 Å². The molecular formula is C25H19F2N5O3. The minimum atomic E-state index is -0.737. The second kappa shape index (κ2) is 8.98. The molecule has 0 aliphatic heterocycles. The first-order valence-electron chi connectivity index (χ1n) is 10.8. The second-order valence-electron chi connectivity index (χ2n) is 7.79. The van der Waals surface area contributed by atoms with E-state index in [9.17, 15) is 14.0 Å². The van der Waals surface area contributed by atoms with Crippen molar-refractivity contribution in [2.24, 2.45) is 0 Å². The lowest BCUT2D eigenvalue weighted by molar-refractivity contribution is 0.167. The molecule has 3 aromatic carbocycles. The number of hydrogen-bond acceptors (Lipinski definition) is 5. The highest BCUT2D eigenvalue weighted by atomic mass is 19.1. The Hall–Kier alpha value is -4.60. The predicted molar refractivity (Wildman–Crippen MR) is 127 cm³/mol. The Labute approximate surface area is 197 Å². The fourth-order valence-electron chi connectivity index (χ4n) is 3.96. The third-order valence-electron chi connectivity index (χ3n) is 5.56. The first kappa shape index (κ1) is 22.2. The molecule has 2 heterocycles. The van der Waals surface area contributed by atoms with E-state index in [-0.39, 0.29) is 34.8 Å². The van der Waals surface area contributed by atoms with Gasteiger partial charge < -0.3 is 9.72 Å². The highest BCUT2D eigenvalue weighted by Crippen LogP contribution is 2.32. The number of anilines is 1. The molecule has 2 aromatic heterocycles. The number of aromatic amines is 2. The Kier molecular flexibility index (Phi) is 5.69. The average molecular weight is 475 g/mol. The predicted octanol–water partition coefficient (Wildman–Crippen LogP) is 4.90. The molecule has 0 fully saturated rings. The van der Waals surface area contributed by atoms with Crippen molar-refractivity contribution in [2.75, 3.05) is 11.9 Å². The molecule has 0 unspecified atom stereocenters. The quantitative estimate of drug-likeness (QED) is 0.335. The lowest BCUT2D eigenvalue weighted by Gasteiger charge is -2.10. The zero-order valence-electron chi connectivity index (χ0n) is 18.5. The van der Waals surface area contributed by atoms with E-state index in [4.69, 9.17) is 4.74 Å². The maximum absolute atomic E-state index is 15.4. The molecule has 0 radical (unpaired) electrons. The number of hydrogen-bond donors (Lipinski definition) is 3. The maximum atomic E-state index is 15.4. The van der Waals surface area contributed by atoms with Gasteiger partial charge in [0.15, 0.2) is 5.82 Å². The minimum Gasteiger partial charge on any atom is -0.450 e. The molecule has 176 valence electrons. The number of benzene rings is 3. The topological polar surface area (TPSA) is 113 Å². The number of H-pyrrole nitrogens is 2. The van der Waals surface area contributed by atoms with Crippen LogP contribution < -0.4 is 10.9 Å². The number of halogens is 2. The number of amides is 1. The normalized spacial score (nSPS) is 11.2. The molecule has 0 bridgehead atoms. The molecule has 5 aromatic rings. The molecule has 5 rings (SSSR count). The lowest BCUT2D eigenvalue weighted by Crippen LogP contribution is -2.14. The van der Waals surface area contributed by atoms with Gasteiger partial charge in [-0.25, -0.2) is 23.7 Å². The SMILES string of the molecule is CCOC(=O)Nc1nc2c(F)c(-c3cc(Cc4n[nH]c(=O)c5ccccc45)ccc3F)ccc2[nH]1. The summed E-state index contributed by atoms with van der Waals surface area (Å²) in [5.74, 6) is -1.33. The van der Waals surface area contributed by atoms with Gasteiger partial charge in [-0.1, -0.05) is 24.3 Å². The summed E-state index contributed by atoms with van der Waals surface area (Å²) in [6.07, 6.45) is -0.431. The van der Waals surface area contributed by atoms with Crippen LogP contribution in [0.4, 0.5) is 19.5 Å².